The van der Waals surface area contributed by atoms with Crippen LogP contribution in [0.25, 0.3) is 16.6 Å². The van der Waals surface area contributed by atoms with Crippen LogP contribution in [0.1, 0.15) is 22.6 Å². The fourth-order valence-corrected chi connectivity index (χ4v) is 6.17. The lowest BCUT2D eigenvalue weighted by atomic mass is 9.86. The van der Waals surface area contributed by atoms with Crippen LogP contribution in [0.5, 0.6) is 0 Å². The molecule has 4 aromatic rings. The average Bonchev–Trinajstić information content (AvgIpc) is 3.16. The van der Waals surface area contributed by atoms with E-state index in [4.69, 9.17) is 9.47 Å². The summed E-state index contributed by atoms with van der Waals surface area (Å²) < 4.78 is 25.8. The van der Waals surface area contributed by atoms with Crippen LogP contribution < -0.4 is 0 Å². The normalized spacial score (nSPS) is 22.6. The fraction of sp³-hybridized carbons (Fsp3) is 0.310. The second kappa shape index (κ2) is 8.75. The highest BCUT2D eigenvalue weighted by molar-refractivity contribution is 5.83. The summed E-state index contributed by atoms with van der Waals surface area (Å²) >= 11 is 0. The van der Waals surface area contributed by atoms with E-state index >= 15 is 0 Å². The molecule has 7 heteroatoms. The van der Waals surface area contributed by atoms with E-state index in [-0.39, 0.29) is 23.9 Å². The zero-order valence-corrected chi connectivity index (χ0v) is 20.4. The summed E-state index contributed by atoms with van der Waals surface area (Å²) in [7, 11) is 1.59. The molecule has 2 fully saturated rings. The smallest absolute Gasteiger partial charge is 0.409 e. The number of hydrogen-bond acceptors (Lipinski definition) is 4. The molecule has 2 heterocycles. The summed E-state index contributed by atoms with van der Waals surface area (Å²) in [5.41, 5.74) is 5.33. The number of likely N-dealkylation sites (tertiary alicyclic amines) is 1. The Labute approximate surface area is 209 Å². The van der Waals surface area contributed by atoms with Gasteiger partial charge in [-0.25, -0.2) is 13.9 Å². The van der Waals surface area contributed by atoms with Crippen molar-refractivity contribution in [3.8, 4) is 5.69 Å². The average molecular weight is 486 g/mol. The first-order valence-electron chi connectivity index (χ1n) is 12.2. The predicted molar refractivity (Wildman–Crippen MR) is 135 cm³/mol. The molecule has 2 aliphatic rings. The largest absolute Gasteiger partial charge is 0.447 e. The van der Waals surface area contributed by atoms with Crippen molar-refractivity contribution < 1.29 is 18.7 Å². The molecule has 1 aliphatic heterocycles. The molecule has 184 valence electrons. The van der Waals surface area contributed by atoms with Gasteiger partial charge in [0.25, 0.3) is 0 Å². The van der Waals surface area contributed by atoms with Crippen molar-refractivity contribution in [3.05, 3.63) is 95.4 Å². The van der Waals surface area contributed by atoms with E-state index < -0.39 is 0 Å². The van der Waals surface area contributed by atoms with Crippen molar-refractivity contribution in [1.82, 2.24) is 14.7 Å². The van der Waals surface area contributed by atoms with Crippen molar-refractivity contribution in [2.24, 2.45) is 5.92 Å². The van der Waals surface area contributed by atoms with Crippen LogP contribution in [0.15, 0.2) is 72.9 Å². The lowest BCUT2D eigenvalue weighted by Crippen LogP contribution is -2.35. The highest BCUT2D eigenvalue weighted by atomic mass is 19.1. The summed E-state index contributed by atoms with van der Waals surface area (Å²) in [5, 5.41) is 5.62. The maximum atomic E-state index is 13.5. The maximum Gasteiger partial charge on any atom is 0.409 e. The molecule has 6 rings (SSSR count). The zero-order valence-electron chi connectivity index (χ0n) is 20.4. The van der Waals surface area contributed by atoms with Crippen LogP contribution in [0.3, 0.4) is 0 Å². The van der Waals surface area contributed by atoms with Gasteiger partial charge in [0.1, 0.15) is 12.4 Å². The molecular formula is C29H28FN3O3. The third kappa shape index (κ3) is 3.57. The number of halogens is 1. The molecule has 0 radical (unpaired) electrons. The van der Waals surface area contributed by atoms with Gasteiger partial charge in [0.2, 0.25) is 0 Å². The van der Waals surface area contributed by atoms with Crippen LogP contribution in [0.4, 0.5) is 9.18 Å². The Morgan fingerprint density at radius 3 is 2.64 bits per heavy atom. The molecule has 1 saturated heterocycles. The van der Waals surface area contributed by atoms with Crippen molar-refractivity contribution >= 4 is 17.0 Å². The minimum absolute atomic E-state index is 0.169. The highest BCUT2D eigenvalue weighted by Crippen LogP contribution is 2.69. The van der Waals surface area contributed by atoms with Crippen molar-refractivity contribution in [2.75, 3.05) is 33.4 Å². The minimum Gasteiger partial charge on any atom is -0.447 e. The van der Waals surface area contributed by atoms with Gasteiger partial charge in [-0.1, -0.05) is 30.3 Å². The second-order valence-corrected chi connectivity index (χ2v) is 9.78. The summed E-state index contributed by atoms with van der Waals surface area (Å²) in [4.78, 5) is 14.6. The van der Waals surface area contributed by atoms with Gasteiger partial charge in [-0.3, -0.25) is 0 Å². The number of carbonyl (C=O) groups is 1. The first-order valence-corrected chi connectivity index (χ1v) is 12.2. The predicted octanol–water partition coefficient (Wildman–Crippen LogP) is 5.22. The number of fused-ring (bicyclic) bond motifs is 2. The number of ether oxygens (including phenoxy) is 2. The fourth-order valence-electron chi connectivity index (χ4n) is 6.17. The van der Waals surface area contributed by atoms with Crippen molar-refractivity contribution in [1.29, 1.82) is 0 Å². The number of aromatic nitrogens is 2. The van der Waals surface area contributed by atoms with Gasteiger partial charge in [-0.2, -0.15) is 5.10 Å². The first-order chi connectivity index (χ1) is 17.5. The summed E-state index contributed by atoms with van der Waals surface area (Å²) in [5.74, 6) is 0.384. The molecule has 3 unspecified atom stereocenters. The van der Waals surface area contributed by atoms with E-state index in [1.807, 2.05) is 21.8 Å². The molecule has 36 heavy (non-hydrogen) atoms. The standard InChI is InChI=1S/C29H28FN3O3/c1-19-14-26-21(16-31-33(26)23-10-8-22(30)9-11-23)15-24(19)29-18-32(28(34)36-13-12-35-2)17-25(29)27(29)20-6-4-3-5-7-20/h3-11,14-16,25,27H,12-13,17-18H2,1-2H3. The molecular weight excluding hydrogens is 457 g/mol. The lowest BCUT2D eigenvalue weighted by molar-refractivity contribution is 0.0736. The van der Waals surface area contributed by atoms with Gasteiger partial charge in [0, 0.05) is 36.9 Å². The third-order valence-electron chi connectivity index (χ3n) is 7.80. The van der Waals surface area contributed by atoms with E-state index in [0.717, 1.165) is 22.2 Å². The van der Waals surface area contributed by atoms with E-state index in [1.54, 1.807) is 19.2 Å². The van der Waals surface area contributed by atoms with Gasteiger partial charge in [0.15, 0.2) is 0 Å². The lowest BCUT2D eigenvalue weighted by Gasteiger charge is -2.25. The Kier molecular flexibility index (Phi) is 5.52. The van der Waals surface area contributed by atoms with E-state index in [2.05, 4.69) is 48.4 Å². The SMILES string of the molecule is COCCOC(=O)N1CC2C(c3ccccc3)C2(c2cc3cnn(-c4ccc(F)cc4)c3cc2C)C1. The number of amides is 1. The number of aryl methyl sites for hydroxylation is 1. The van der Waals surface area contributed by atoms with Crippen molar-refractivity contribution in [3.63, 3.8) is 0 Å². The van der Waals surface area contributed by atoms with Gasteiger partial charge in [-0.05, 0) is 65.9 Å². The Morgan fingerprint density at radius 2 is 1.89 bits per heavy atom. The van der Waals surface area contributed by atoms with Gasteiger partial charge >= 0.3 is 6.09 Å². The number of nitrogens with zero attached hydrogens (tertiary/aromatic N) is 3. The maximum absolute atomic E-state index is 13.5. The van der Waals surface area contributed by atoms with Crippen LogP contribution in [-0.2, 0) is 14.9 Å². The quantitative estimate of drug-likeness (QED) is 0.351. The molecule has 1 aromatic heterocycles. The molecule has 1 amide bonds. The Balaban J connectivity index is 1.38. The van der Waals surface area contributed by atoms with E-state index in [1.165, 1.54) is 23.3 Å². The summed E-state index contributed by atoms with van der Waals surface area (Å²) in [6, 6.07) is 21.3. The molecule has 1 aliphatic carbocycles. The summed E-state index contributed by atoms with van der Waals surface area (Å²) in [6.45, 7) is 4.04. The van der Waals surface area contributed by atoms with Crippen LogP contribution >= 0.6 is 0 Å². The van der Waals surface area contributed by atoms with Gasteiger partial charge < -0.3 is 14.4 Å². The number of carbonyl (C=O) groups excluding carboxylic acids is 1. The van der Waals surface area contributed by atoms with E-state index in [0.29, 0.717) is 31.5 Å². The third-order valence-corrected chi connectivity index (χ3v) is 7.80. The Bertz CT molecular complexity index is 1420. The van der Waals surface area contributed by atoms with Crippen molar-refractivity contribution in [2.45, 2.75) is 18.3 Å². The molecule has 0 bridgehead atoms. The molecule has 6 nitrogen and oxygen atoms in total. The number of benzene rings is 3. The number of hydrogen-bond donors (Lipinski definition) is 0. The molecule has 1 saturated carbocycles. The van der Waals surface area contributed by atoms with Gasteiger partial charge in [0.05, 0.1) is 24.0 Å². The monoisotopic (exact) mass is 485 g/mol. The van der Waals surface area contributed by atoms with Crippen LogP contribution in [0.2, 0.25) is 0 Å². The number of methoxy groups -OCH3 is 1. The Hall–Kier alpha value is -3.71. The molecule has 3 aromatic carbocycles. The number of piperidine rings is 1. The molecule has 0 N–H and O–H groups in total. The second-order valence-electron chi connectivity index (χ2n) is 9.78. The topological polar surface area (TPSA) is 56.6 Å². The molecule has 0 spiro atoms. The summed E-state index contributed by atoms with van der Waals surface area (Å²) in [6.07, 6.45) is 1.58. The highest BCUT2D eigenvalue weighted by Gasteiger charge is 2.71. The zero-order chi connectivity index (χ0) is 24.9. The molecule has 3 atom stereocenters. The Morgan fingerprint density at radius 1 is 1.11 bits per heavy atom. The van der Waals surface area contributed by atoms with E-state index in [9.17, 15) is 9.18 Å². The van der Waals surface area contributed by atoms with Crippen LogP contribution in [-0.4, -0.2) is 54.2 Å². The number of rotatable bonds is 6. The minimum atomic E-state index is -0.284. The first kappa shape index (κ1) is 22.7. The van der Waals surface area contributed by atoms with Crippen LogP contribution in [0, 0.1) is 18.7 Å². The van der Waals surface area contributed by atoms with Gasteiger partial charge in [-0.15, -0.1) is 0 Å².